The summed E-state index contributed by atoms with van der Waals surface area (Å²) in [5.74, 6) is 1.82. The summed E-state index contributed by atoms with van der Waals surface area (Å²) < 4.78 is 4.65. The fourth-order valence-electron chi connectivity index (χ4n) is 10.2. The molecule has 3 aliphatic heterocycles. The van der Waals surface area contributed by atoms with Gasteiger partial charge in [-0.3, -0.25) is 4.57 Å². The standard InChI is InChI=1S/C57H32N6S3/c1-4-14-33(15-5-1)55-58-56(34-16-6-2-7-17-34)60-57(59-55)62-43-27-26-35(28-39(43)41-32-44-40(31-45(41)62)38-20-10-11-21-42(38)61(44)37-18-8-3-9-19-37)36-29-50-54-51(30-36)66-49-25-13-23-47-53(49)63(54)52-46(64-47)22-12-24-48(52)65-50/h1-32H. The molecule has 0 atom stereocenters. The van der Waals surface area contributed by atoms with Crippen LogP contribution in [-0.2, 0) is 0 Å². The molecule has 308 valence electrons. The van der Waals surface area contributed by atoms with Crippen LogP contribution in [0.5, 0.6) is 0 Å². The normalized spacial score (nSPS) is 13.2. The highest BCUT2D eigenvalue weighted by Crippen LogP contribution is 2.66. The Labute approximate surface area is 391 Å². The molecule has 3 aromatic heterocycles. The van der Waals surface area contributed by atoms with Crippen LogP contribution >= 0.6 is 35.3 Å². The first kappa shape index (κ1) is 36.7. The number of hydrogen-bond donors (Lipinski definition) is 0. The van der Waals surface area contributed by atoms with E-state index < -0.39 is 0 Å². The maximum absolute atomic E-state index is 5.30. The first-order valence-electron chi connectivity index (χ1n) is 21.9. The van der Waals surface area contributed by atoms with Crippen LogP contribution in [0.15, 0.2) is 223 Å². The molecule has 6 nitrogen and oxygen atoms in total. The molecular weight excluding hydrogens is 865 g/mol. The van der Waals surface area contributed by atoms with Crippen molar-refractivity contribution in [1.82, 2.24) is 24.1 Å². The molecule has 0 N–H and O–H groups in total. The van der Waals surface area contributed by atoms with Crippen molar-refractivity contribution in [2.24, 2.45) is 0 Å². The summed E-state index contributed by atoms with van der Waals surface area (Å²) in [5.41, 5.74) is 13.6. The van der Waals surface area contributed by atoms with Gasteiger partial charge in [-0.25, -0.2) is 4.98 Å². The summed E-state index contributed by atoms with van der Waals surface area (Å²) in [6.45, 7) is 0. The van der Waals surface area contributed by atoms with Gasteiger partial charge in [-0.2, -0.15) is 9.97 Å². The molecule has 0 radical (unpaired) electrons. The number of anilines is 3. The van der Waals surface area contributed by atoms with Crippen molar-refractivity contribution < 1.29 is 0 Å². The molecule has 0 aliphatic carbocycles. The molecule has 0 fully saturated rings. The second-order valence-corrected chi connectivity index (χ2v) is 20.1. The molecule has 0 saturated heterocycles. The number of aromatic nitrogens is 5. The molecule has 0 bridgehead atoms. The largest absolute Gasteiger partial charge is 0.309 e. The van der Waals surface area contributed by atoms with Gasteiger partial charge in [-0.1, -0.05) is 151 Å². The fraction of sp³-hybridized carbons (Fsp3) is 0. The van der Waals surface area contributed by atoms with Gasteiger partial charge in [-0.15, -0.1) is 0 Å². The van der Waals surface area contributed by atoms with E-state index in [0.717, 1.165) is 60.6 Å². The zero-order chi connectivity index (χ0) is 43.0. The van der Waals surface area contributed by atoms with Crippen molar-refractivity contribution in [2.45, 2.75) is 29.4 Å². The summed E-state index contributed by atoms with van der Waals surface area (Å²) in [6, 6.07) is 69.8. The third-order valence-electron chi connectivity index (χ3n) is 13.1. The zero-order valence-electron chi connectivity index (χ0n) is 34.9. The van der Waals surface area contributed by atoms with Crippen LogP contribution in [0.4, 0.5) is 17.1 Å². The van der Waals surface area contributed by atoms with Gasteiger partial charge in [0.2, 0.25) is 5.95 Å². The van der Waals surface area contributed by atoms with Crippen molar-refractivity contribution in [3.63, 3.8) is 0 Å². The van der Waals surface area contributed by atoms with Crippen molar-refractivity contribution in [3.05, 3.63) is 194 Å². The maximum Gasteiger partial charge on any atom is 0.238 e. The molecule has 3 aliphatic rings. The van der Waals surface area contributed by atoms with Crippen LogP contribution < -0.4 is 4.90 Å². The SMILES string of the molecule is c1ccc(-c2nc(-c3ccccc3)nc(-n3c4ccc(-c5cc6c7c(c5)Sc5cccc8c5N7c5c(cccc5S6)S8)cc4c4cc5c(cc43)c3ccccc3n5-c3ccccc3)n2)cc1. The lowest BCUT2D eigenvalue weighted by molar-refractivity contribution is 0.954. The molecular formula is C57H32N6S3. The first-order valence-corrected chi connectivity index (χ1v) is 24.4. The number of fused-ring (bicyclic) bond motifs is 6. The van der Waals surface area contributed by atoms with Crippen LogP contribution in [0.1, 0.15) is 0 Å². The first-order chi connectivity index (χ1) is 32.7. The molecule has 6 heterocycles. The second kappa shape index (κ2) is 14.0. The van der Waals surface area contributed by atoms with E-state index in [1.807, 2.05) is 71.7 Å². The number of benzene rings is 9. The molecule has 0 unspecified atom stereocenters. The third-order valence-corrected chi connectivity index (χ3v) is 16.3. The third kappa shape index (κ3) is 5.33. The molecule has 0 amide bonds. The number of nitrogens with zero attached hydrogens (tertiary/aromatic N) is 6. The van der Waals surface area contributed by atoms with Gasteiger partial charge in [0.25, 0.3) is 0 Å². The summed E-state index contributed by atoms with van der Waals surface area (Å²) in [5, 5.41) is 4.60. The Hall–Kier alpha value is -7.56. The minimum absolute atomic E-state index is 0.573. The van der Waals surface area contributed by atoms with E-state index in [0.29, 0.717) is 17.6 Å². The van der Waals surface area contributed by atoms with Gasteiger partial charge in [0.05, 0.1) is 39.1 Å². The van der Waals surface area contributed by atoms with Crippen LogP contribution in [-0.4, -0.2) is 24.1 Å². The van der Waals surface area contributed by atoms with Crippen LogP contribution in [0.25, 0.3) is 89.2 Å². The Bertz CT molecular complexity index is 3900. The maximum atomic E-state index is 5.30. The molecule has 9 aromatic carbocycles. The summed E-state index contributed by atoms with van der Waals surface area (Å²) in [6.07, 6.45) is 0. The fourth-order valence-corrected chi connectivity index (χ4v) is 13.9. The van der Waals surface area contributed by atoms with Gasteiger partial charge in [0.15, 0.2) is 11.6 Å². The van der Waals surface area contributed by atoms with E-state index in [1.54, 1.807) is 0 Å². The quantitative estimate of drug-likeness (QED) is 0.171. The van der Waals surface area contributed by atoms with Crippen molar-refractivity contribution >= 4 is 96.0 Å². The van der Waals surface area contributed by atoms with E-state index >= 15 is 0 Å². The molecule has 66 heavy (non-hydrogen) atoms. The topological polar surface area (TPSA) is 51.8 Å². The Morgan fingerprint density at radius 1 is 0.303 bits per heavy atom. The highest BCUT2D eigenvalue weighted by Gasteiger charge is 2.39. The zero-order valence-corrected chi connectivity index (χ0v) is 37.3. The van der Waals surface area contributed by atoms with E-state index in [9.17, 15) is 0 Å². The molecule has 12 aromatic rings. The Kier molecular flexibility index (Phi) is 7.78. The van der Waals surface area contributed by atoms with E-state index in [1.165, 1.54) is 57.4 Å². The predicted octanol–water partition coefficient (Wildman–Crippen LogP) is 15.9. The predicted molar refractivity (Wildman–Crippen MR) is 272 cm³/mol. The van der Waals surface area contributed by atoms with Gasteiger partial charge >= 0.3 is 0 Å². The number of rotatable bonds is 5. The smallest absolute Gasteiger partial charge is 0.238 e. The van der Waals surface area contributed by atoms with Gasteiger partial charge in [0, 0.05) is 67.7 Å². The summed E-state index contributed by atoms with van der Waals surface area (Å²) in [7, 11) is 0. The minimum Gasteiger partial charge on any atom is -0.309 e. The Morgan fingerprint density at radius 2 is 0.788 bits per heavy atom. The summed E-state index contributed by atoms with van der Waals surface area (Å²) in [4.78, 5) is 26.0. The van der Waals surface area contributed by atoms with E-state index in [2.05, 4.69) is 172 Å². The minimum atomic E-state index is 0.573. The van der Waals surface area contributed by atoms with Crippen LogP contribution in [0.3, 0.4) is 0 Å². The van der Waals surface area contributed by atoms with Crippen LogP contribution in [0.2, 0.25) is 0 Å². The van der Waals surface area contributed by atoms with Gasteiger partial charge in [-0.05, 0) is 90.0 Å². The average molecular weight is 897 g/mol. The Balaban J connectivity index is 1.00. The van der Waals surface area contributed by atoms with Crippen molar-refractivity contribution in [3.8, 4) is 45.5 Å². The lowest BCUT2D eigenvalue weighted by Gasteiger charge is -2.42. The molecule has 9 heteroatoms. The second-order valence-electron chi connectivity index (χ2n) is 16.8. The lowest BCUT2D eigenvalue weighted by atomic mass is 10.0. The van der Waals surface area contributed by atoms with E-state index in [4.69, 9.17) is 15.0 Å². The van der Waals surface area contributed by atoms with Crippen molar-refractivity contribution in [2.75, 3.05) is 4.90 Å². The van der Waals surface area contributed by atoms with Gasteiger partial charge < -0.3 is 9.47 Å². The number of para-hydroxylation sites is 4. The molecule has 0 spiro atoms. The highest BCUT2D eigenvalue weighted by atomic mass is 32.2. The van der Waals surface area contributed by atoms with Crippen LogP contribution in [0, 0.1) is 0 Å². The summed E-state index contributed by atoms with van der Waals surface area (Å²) >= 11 is 5.66. The van der Waals surface area contributed by atoms with E-state index in [-0.39, 0.29) is 0 Å². The average Bonchev–Trinajstić information content (AvgIpc) is 3.87. The van der Waals surface area contributed by atoms with Crippen molar-refractivity contribution in [1.29, 1.82) is 0 Å². The molecule has 0 saturated carbocycles. The highest BCUT2D eigenvalue weighted by molar-refractivity contribution is 8.01. The monoisotopic (exact) mass is 896 g/mol. The number of hydrogen-bond acceptors (Lipinski definition) is 7. The van der Waals surface area contributed by atoms with Gasteiger partial charge in [0.1, 0.15) is 0 Å². The Morgan fingerprint density at radius 3 is 1.41 bits per heavy atom. The lowest BCUT2D eigenvalue weighted by Crippen LogP contribution is -2.22. The molecule has 15 rings (SSSR count).